The minimum Gasteiger partial charge on any atom is -0.445 e. The Kier molecular flexibility index (Phi) is 7.83. The van der Waals surface area contributed by atoms with Crippen molar-refractivity contribution in [2.75, 3.05) is 6.61 Å². The maximum Gasteiger partial charge on any atom is 0.408 e. The van der Waals surface area contributed by atoms with Crippen LogP contribution in [0.15, 0.2) is 79.0 Å². The Labute approximate surface area is 212 Å². The smallest absolute Gasteiger partial charge is 0.408 e. The molecule has 0 fully saturated rings. The van der Waals surface area contributed by atoms with E-state index in [0.717, 1.165) is 34.7 Å². The minimum atomic E-state index is -1.52. The van der Waals surface area contributed by atoms with Gasteiger partial charge in [-0.2, -0.15) is 0 Å². The molecule has 0 unspecified atom stereocenters. The quantitative estimate of drug-likeness (QED) is 0.267. The molecule has 7 nitrogen and oxygen atoms in total. The molecule has 0 aliphatic carbocycles. The third-order valence-electron chi connectivity index (χ3n) is 6.15. The summed E-state index contributed by atoms with van der Waals surface area (Å²) in [5.41, 5.74) is 0.663. The first-order valence-corrected chi connectivity index (χ1v) is 11.7. The normalized spacial score (nSPS) is 13.5. The number of rotatable bonds is 9. The summed E-state index contributed by atoms with van der Waals surface area (Å²) in [4.78, 5) is 29.5. The maximum atomic E-state index is 14.0. The van der Waals surface area contributed by atoms with Crippen LogP contribution in [-0.4, -0.2) is 34.2 Å². The topological polar surface area (TPSA) is 103 Å². The summed E-state index contributed by atoms with van der Waals surface area (Å²) in [7, 11) is 0. The van der Waals surface area contributed by atoms with Crippen LogP contribution >= 0.6 is 0 Å². The molecule has 4 aromatic rings. The number of benzene rings is 3. The Bertz CT molecular complexity index is 1390. The first-order chi connectivity index (χ1) is 17.8. The van der Waals surface area contributed by atoms with Gasteiger partial charge in [0.15, 0.2) is 0 Å². The highest BCUT2D eigenvalue weighted by atomic mass is 19.1. The van der Waals surface area contributed by atoms with Crippen molar-refractivity contribution in [3.8, 4) is 0 Å². The number of alkyl carbamates (subject to hydrolysis) is 1. The largest absolute Gasteiger partial charge is 0.445 e. The summed E-state index contributed by atoms with van der Waals surface area (Å²) in [6, 6.07) is 18.6. The van der Waals surface area contributed by atoms with E-state index in [9.17, 15) is 23.5 Å². The number of H-pyrrole nitrogens is 1. The van der Waals surface area contributed by atoms with E-state index < -0.39 is 41.8 Å². The van der Waals surface area contributed by atoms with Crippen molar-refractivity contribution in [2.24, 2.45) is 0 Å². The van der Waals surface area contributed by atoms with Crippen LogP contribution in [0.2, 0.25) is 0 Å². The molecule has 37 heavy (non-hydrogen) atoms. The molecule has 1 heterocycles. The fourth-order valence-electron chi connectivity index (χ4n) is 4.14. The lowest BCUT2D eigenvalue weighted by molar-refractivity contribution is -0.128. The van der Waals surface area contributed by atoms with E-state index in [0.29, 0.717) is 5.56 Å². The third-order valence-corrected chi connectivity index (χ3v) is 6.15. The van der Waals surface area contributed by atoms with Crippen LogP contribution in [0.4, 0.5) is 13.6 Å². The number of para-hydroxylation sites is 1. The first-order valence-electron chi connectivity index (χ1n) is 11.7. The van der Waals surface area contributed by atoms with Crippen LogP contribution in [0.25, 0.3) is 10.9 Å². The number of hydrogen-bond donors (Lipinski definition) is 4. The Morgan fingerprint density at radius 1 is 1.03 bits per heavy atom. The molecule has 0 aliphatic heterocycles. The molecule has 0 saturated carbocycles. The van der Waals surface area contributed by atoms with Crippen LogP contribution in [0, 0.1) is 11.6 Å². The van der Waals surface area contributed by atoms with Gasteiger partial charge in [-0.3, -0.25) is 4.79 Å². The van der Waals surface area contributed by atoms with Crippen molar-refractivity contribution < 1.29 is 28.2 Å². The van der Waals surface area contributed by atoms with Crippen LogP contribution in [0.1, 0.15) is 29.7 Å². The van der Waals surface area contributed by atoms with Gasteiger partial charge >= 0.3 is 6.09 Å². The maximum absolute atomic E-state index is 14.0. The van der Waals surface area contributed by atoms with Crippen molar-refractivity contribution in [3.63, 3.8) is 0 Å². The lowest BCUT2D eigenvalue weighted by Gasteiger charge is -2.31. The number of aromatic amines is 1. The van der Waals surface area contributed by atoms with Gasteiger partial charge in [0.05, 0.1) is 12.6 Å². The van der Waals surface area contributed by atoms with Crippen molar-refractivity contribution in [2.45, 2.75) is 31.5 Å². The van der Waals surface area contributed by atoms with Gasteiger partial charge in [-0.15, -0.1) is 0 Å². The number of carbonyl (C=O) groups is 2. The summed E-state index contributed by atoms with van der Waals surface area (Å²) in [5, 5.41) is 16.2. The molecule has 3 aromatic carbocycles. The van der Waals surface area contributed by atoms with E-state index in [-0.39, 0.29) is 18.6 Å². The van der Waals surface area contributed by atoms with E-state index in [4.69, 9.17) is 4.74 Å². The first kappa shape index (κ1) is 25.8. The highest BCUT2D eigenvalue weighted by Crippen LogP contribution is 2.24. The fourth-order valence-corrected chi connectivity index (χ4v) is 4.14. The number of aliphatic hydroxyl groups excluding tert-OH is 1. The molecule has 4 N–H and O–H groups in total. The van der Waals surface area contributed by atoms with Gasteiger partial charge in [-0.05, 0) is 42.3 Å². The van der Waals surface area contributed by atoms with Gasteiger partial charge in [0.2, 0.25) is 5.91 Å². The summed E-state index contributed by atoms with van der Waals surface area (Å²) < 4.78 is 32.6. The number of fused-ring (bicyclic) bond motifs is 1. The zero-order valence-corrected chi connectivity index (χ0v) is 20.1. The zero-order valence-electron chi connectivity index (χ0n) is 20.1. The number of carbonyl (C=O) groups excluding carboxylic acids is 2. The van der Waals surface area contributed by atoms with Gasteiger partial charge in [-0.1, -0.05) is 48.5 Å². The second-order valence-electron chi connectivity index (χ2n) is 8.92. The molecule has 1 aromatic heterocycles. The van der Waals surface area contributed by atoms with E-state index >= 15 is 0 Å². The molecular weight excluding hydrogens is 480 g/mol. The SMILES string of the molecule is C[C@@](Cc1c[nH]c2ccccc12)(NC(=O)OCc1cc(F)ccc1F)C(=O)N[C@H](CO)c1ccccc1. The zero-order chi connectivity index (χ0) is 26.4. The third kappa shape index (κ3) is 6.13. The summed E-state index contributed by atoms with van der Waals surface area (Å²) in [6.45, 7) is 0.652. The average Bonchev–Trinajstić information content (AvgIpc) is 3.30. The predicted octanol–water partition coefficient (Wildman–Crippen LogP) is 4.52. The molecule has 0 bridgehead atoms. The number of halogens is 2. The van der Waals surface area contributed by atoms with Gasteiger partial charge in [0.25, 0.3) is 0 Å². The van der Waals surface area contributed by atoms with Crippen molar-refractivity contribution in [1.29, 1.82) is 0 Å². The van der Waals surface area contributed by atoms with Crippen molar-refractivity contribution >= 4 is 22.9 Å². The lowest BCUT2D eigenvalue weighted by Crippen LogP contribution is -2.59. The Morgan fingerprint density at radius 3 is 2.51 bits per heavy atom. The van der Waals surface area contributed by atoms with Gasteiger partial charge in [0.1, 0.15) is 23.8 Å². The number of nitrogens with one attached hydrogen (secondary N) is 3. The fraction of sp³-hybridized carbons (Fsp3) is 0.214. The number of hydrogen-bond acceptors (Lipinski definition) is 4. The van der Waals surface area contributed by atoms with Crippen LogP contribution in [-0.2, 0) is 22.6 Å². The second kappa shape index (κ2) is 11.2. The molecule has 0 aliphatic rings. The lowest BCUT2D eigenvalue weighted by atomic mass is 9.91. The second-order valence-corrected chi connectivity index (χ2v) is 8.92. The van der Waals surface area contributed by atoms with Gasteiger partial charge < -0.3 is 25.5 Å². The van der Waals surface area contributed by atoms with Crippen LogP contribution in [0.5, 0.6) is 0 Å². The van der Waals surface area contributed by atoms with E-state index in [1.807, 2.05) is 30.3 Å². The standard InChI is InChI=1S/C28H27F2N3O4/c1-28(14-20-15-31-24-10-6-5-9-22(20)24,26(35)32-25(16-34)18-7-3-2-4-8-18)33-27(36)37-17-19-13-21(29)11-12-23(19)30/h2-13,15,25,31,34H,14,16-17H2,1H3,(H,32,35)(H,33,36)/t25-,28+/m1/s1. The predicted molar refractivity (Wildman–Crippen MR) is 134 cm³/mol. The Hall–Kier alpha value is -4.24. The molecule has 2 atom stereocenters. The molecule has 192 valence electrons. The average molecular weight is 508 g/mol. The molecule has 9 heteroatoms. The molecular formula is C28H27F2N3O4. The highest BCUT2D eigenvalue weighted by molar-refractivity contribution is 5.91. The Morgan fingerprint density at radius 2 is 1.76 bits per heavy atom. The Balaban J connectivity index is 1.57. The van der Waals surface area contributed by atoms with E-state index in [2.05, 4.69) is 15.6 Å². The summed E-state index contributed by atoms with van der Waals surface area (Å²) in [6.07, 6.45) is 0.854. The number of aliphatic hydroxyl groups is 1. The summed E-state index contributed by atoms with van der Waals surface area (Å²) >= 11 is 0. The van der Waals surface area contributed by atoms with E-state index in [1.54, 1.807) is 30.5 Å². The van der Waals surface area contributed by atoms with Crippen molar-refractivity contribution in [3.05, 3.63) is 107 Å². The van der Waals surface area contributed by atoms with Gasteiger partial charge in [0, 0.05) is 29.1 Å². The van der Waals surface area contributed by atoms with E-state index in [1.165, 1.54) is 6.92 Å². The number of amides is 2. The van der Waals surface area contributed by atoms with Crippen molar-refractivity contribution in [1.82, 2.24) is 15.6 Å². The van der Waals surface area contributed by atoms with Crippen LogP contribution in [0.3, 0.4) is 0 Å². The highest BCUT2D eigenvalue weighted by Gasteiger charge is 2.37. The van der Waals surface area contributed by atoms with Crippen LogP contribution < -0.4 is 10.6 Å². The number of aromatic nitrogens is 1. The van der Waals surface area contributed by atoms with Gasteiger partial charge in [-0.25, -0.2) is 13.6 Å². The number of ether oxygens (including phenoxy) is 1. The molecule has 4 rings (SSSR count). The monoisotopic (exact) mass is 507 g/mol. The minimum absolute atomic E-state index is 0.0826. The molecule has 0 radical (unpaired) electrons. The molecule has 0 spiro atoms. The summed E-state index contributed by atoms with van der Waals surface area (Å²) in [5.74, 6) is -1.95. The molecule has 0 saturated heterocycles. The molecule has 2 amide bonds.